The third-order valence-electron chi connectivity index (χ3n) is 2.13. The minimum absolute atomic E-state index is 0.137. The van der Waals surface area contributed by atoms with E-state index in [1.165, 1.54) is 12.8 Å². The third-order valence-corrected chi connectivity index (χ3v) is 2.13. The van der Waals surface area contributed by atoms with Crippen LogP contribution in [0.25, 0.3) is 0 Å². The Morgan fingerprint density at radius 2 is 2.33 bits per heavy atom. The van der Waals surface area contributed by atoms with E-state index in [1.807, 2.05) is 6.92 Å². The van der Waals surface area contributed by atoms with E-state index in [0.717, 1.165) is 0 Å². The van der Waals surface area contributed by atoms with Crippen LogP contribution in [0.4, 0.5) is 0 Å². The van der Waals surface area contributed by atoms with Crippen LogP contribution >= 0.6 is 0 Å². The molecule has 1 atom stereocenters. The predicted molar refractivity (Wildman–Crippen MR) is 46.6 cm³/mol. The van der Waals surface area contributed by atoms with Crippen molar-refractivity contribution in [2.45, 2.75) is 26.2 Å². The fraction of sp³-hybridized carbons (Fsp3) is 0.889. The molecule has 1 fully saturated rings. The number of aliphatic hydroxyl groups is 1. The van der Waals surface area contributed by atoms with Gasteiger partial charge in [0.2, 0.25) is 5.91 Å². The molecule has 1 saturated carbocycles. The van der Waals surface area contributed by atoms with Gasteiger partial charge in [-0.05, 0) is 24.7 Å². The highest BCUT2D eigenvalue weighted by Gasteiger charge is 2.24. The second-order valence-electron chi connectivity index (χ2n) is 3.74. The summed E-state index contributed by atoms with van der Waals surface area (Å²) in [6, 6.07) is 0. The van der Waals surface area contributed by atoms with Crippen molar-refractivity contribution in [3.63, 3.8) is 0 Å². The summed E-state index contributed by atoms with van der Waals surface area (Å²) in [6.45, 7) is 2.66. The highest BCUT2D eigenvalue weighted by atomic mass is 16.3. The molecule has 1 unspecified atom stereocenters. The van der Waals surface area contributed by atoms with Crippen molar-refractivity contribution < 1.29 is 9.90 Å². The van der Waals surface area contributed by atoms with Gasteiger partial charge in [-0.2, -0.15) is 0 Å². The van der Waals surface area contributed by atoms with Crippen molar-refractivity contribution in [1.29, 1.82) is 0 Å². The SMILES string of the molecule is CC(CO)CNC(=O)CC1CC1. The average molecular weight is 171 g/mol. The normalized spacial score (nSPS) is 18.8. The van der Waals surface area contributed by atoms with E-state index in [4.69, 9.17) is 5.11 Å². The van der Waals surface area contributed by atoms with Crippen molar-refractivity contribution >= 4 is 5.91 Å². The molecule has 1 aliphatic carbocycles. The molecule has 0 aromatic heterocycles. The van der Waals surface area contributed by atoms with Crippen molar-refractivity contribution in [2.75, 3.05) is 13.2 Å². The summed E-state index contributed by atoms with van der Waals surface area (Å²) < 4.78 is 0. The van der Waals surface area contributed by atoms with Crippen LogP contribution in [0.2, 0.25) is 0 Å². The molecule has 70 valence electrons. The van der Waals surface area contributed by atoms with Crippen LogP contribution in [0.3, 0.4) is 0 Å². The number of carbonyl (C=O) groups is 1. The second-order valence-corrected chi connectivity index (χ2v) is 3.74. The molecule has 0 heterocycles. The van der Waals surface area contributed by atoms with Gasteiger partial charge >= 0.3 is 0 Å². The minimum Gasteiger partial charge on any atom is -0.396 e. The molecule has 0 aliphatic heterocycles. The summed E-state index contributed by atoms with van der Waals surface area (Å²) in [7, 11) is 0. The Morgan fingerprint density at radius 1 is 1.67 bits per heavy atom. The van der Waals surface area contributed by atoms with E-state index in [9.17, 15) is 4.79 Å². The van der Waals surface area contributed by atoms with Crippen LogP contribution in [0.1, 0.15) is 26.2 Å². The zero-order valence-electron chi connectivity index (χ0n) is 7.55. The fourth-order valence-corrected chi connectivity index (χ4v) is 1.01. The first-order chi connectivity index (χ1) is 5.72. The van der Waals surface area contributed by atoms with Crippen molar-refractivity contribution in [2.24, 2.45) is 11.8 Å². The lowest BCUT2D eigenvalue weighted by Crippen LogP contribution is -2.29. The molecule has 0 bridgehead atoms. The smallest absolute Gasteiger partial charge is 0.220 e. The maximum atomic E-state index is 11.1. The van der Waals surface area contributed by atoms with Gasteiger partial charge in [0.1, 0.15) is 0 Å². The molecule has 0 saturated heterocycles. The van der Waals surface area contributed by atoms with Crippen molar-refractivity contribution in [1.82, 2.24) is 5.32 Å². The number of hydrogen-bond acceptors (Lipinski definition) is 2. The molecule has 0 spiro atoms. The highest BCUT2D eigenvalue weighted by Crippen LogP contribution is 2.31. The van der Waals surface area contributed by atoms with Gasteiger partial charge < -0.3 is 10.4 Å². The summed E-state index contributed by atoms with van der Waals surface area (Å²) in [4.78, 5) is 11.1. The zero-order chi connectivity index (χ0) is 8.97. The number of rotatable bonds is 5. The maximum absolute atomic E-state index is 11.1. The molecule has 0 aromatic carbocycles. The fourth-order valence-electron chi connectivity index (χ4n) is 1.01. The third kappa shape index (κ3) is 3.72. The first kappa shape index (κ1) is 9.52. The minimum atomic E-state index is 0.137. The largest absolute Gasteiger partial charge is 0.396 e. The van der Waals surface area contributed by atoms with Gasteiger partial charge in [0.15, 0.2) is 0 Å². The number of amides is 1. The lowest BCUT2D eigenvalue weighted by atomic mass is 10.2. The van der Waals surface area contributed by atoms with Crippen LogP contribution in [0.15, 0.2) is 0 Å². The molecule has 0 radical (unpaired) electrons. The van der Waals surface area contributed by atoms with Gasteiger partial charge in [0.25, 0.3) is 0 Å². The molecular formula is C9H17NO2. The molecule has 2 N–H and O–H groups in total. The quantitative estimate of drug-likeness (QED) is 0.634. The molecule has 3 nitrogen and oxygen atoms in total. The van der Waals surface area contributed by atoms with Gasteiger partial charge in [0.05, 0.1) is 0 Å². The Bertz CT molecular complexity index is 155. The zero-order valence-corrected chi connectivity index (χ0v) is 7.55. The topological polar surface area (TPSA) is 49.3 Å². The van der Waals surface area contributed by atoms with Crippen LogP contribution in [0, 0.1) is 11.8 Å². The molecule has 0 aromatic rings. The van der Waals surface area contributed by atoms with E-state index < -0.39 is 0 Å². The van der Waals surface area contributed by atoms with Crippen LogP contribution in [0.5, 0.6) is 0 Å². The van der Waals surface area contributed by atoms with Gasteiger partial charge in [-0.25, -0.2) is 0 Å². The summed E-state index contributed by atoms with van der Waals surface area (Å²) in [5, 5.41) is 11.5. The average Bonchev–Trinajstić information content (AvgIpc) is 2.84. The molecule has 1 rings (SSSR count). The Kier molecular flexibility index (Phi) is 3.53. The number of nitrogens with one attached hydrogen (secondary N) is 1. The van der Waals surface area contributed by atoms with Crippen LogP contribution < -0.4 is 5.32 Å². The van der Waals surface area contributed by atoms with Gasteiger partial charge in [-0.3, -0.25) is 4.79 Å². The molecule has 1 aliphatic rings. The van der Waals surface area contributed by atoms with Gasteiger partial charge in [0, 0.05) is 19.6 Å². The van der Waals surface area contributed by atoms with E-state index in [-0.39, 0.29) is 18.4 Å². The Morgan fingerprint density at radius 3 is 2.83 bits per heavy atom. The molecule has 3 heteroatoms. The Labute approximate surface area is 73.2 Å². The molecule has 1 amide bonds. The predicted octanol–water partition coefficient (Wildman–Crippen LogP) is 0.531. The van der Waals surface area contributed by atoms with Gasteiger partial charge in [-0.1, -0.05) is 6.92 Å². The number of aliphatic hydroxyl groups excluding tert-OH is 1. The molecule has 12 heavy (non-hydrogen) atoms. The van der Waals surface area contributed by atoms with E-state index in [1.54, 1.807) is 0 Å². The summed E-state index contributed by atoms with van der Waals surface area (Å²) in [5.74, 6) is 0.959. The highest BCUT2D eigenvalue weighted by molar-refractivity contribution is 5.76. The number of carbonyl (C=O) groups excluding carboxylic acids is 1. The summed E-state index contributed by atoms with van der Waals surface area (Å²) in [5.41, 5.74) is 0. The maximum Gasteiger partial charge on any atom is 0.220 e. The van der Waals surface area contributed by atoms with Crippen molar-refractivity contribution in [3.8, 4) is 0 Å². The standard InChI is InChI=1S/C9H17NO2/c1-7(6-11)5-10-9(12)4-8-2-3-8/h7-8,11H,2-6H2,1H3,(H,10,12). The summed E-state index contributed by atoms with van der Waals surface area (Å²) >= 11 is 0. The monoisotopic (exact) mass is 171 g/mol. The molecular weight excluding hydrogens is 154 g/mol. The first-order valence-corrected chi connectivity index (χ1v) is 4.60. The lowest BCUT2D eigenvalue weighted by Gasteiger charge is -2.08. The Balaban J connectivity index is 2.00. The van der Waals surface area contributed by atoms with Crippen LogP contribution in [-0.2, 0) is 4.79 Å². The van der Waals surface area contributed by atoms with Gasteiger partial charge in [-0.15, -0.1) is 0 Å². The van der Waals surface area contributed by atoms with E-state index in [2.05, 4.69) is 5.32 Å². The van der Waals surface area contributed by atoms with E-state index in [0.29, 0.717) is 18.9 Å². The summed E-state index contributed by atoms with van der Waals surface area (Å²) in [6.07, 6.45) is 3.10. The van der Waals surface area contributed by atoms with Crippen LogP contribution in [-0.4, -0.2) is 24.2 Å². The second kappa shape index (κ2) is 4.45. The Hall–Kier alpha value is -0.570. The number of hydrogen-bond donors (Lipinski definition) is 2. The van der Waals surface area contributed by atoms with E-state index >= 15 is 0 Å². The lowest BCUT2D eigenvalue weighted by molar-refractivity contribution is -0.121. The first-order valence-electron chi connectivity index (χ1n) is 4.60. The van der Waals surface area contributed by atoms with Crippen molar-refractivity contribution in [3.05, 3.63) is 0 Å².